The summed E-state index contributed by atoms with van der Waals surface area (Å²) in [6, 6.07) is 12.0. The second kappa shape index (κ2) is 9.06. The second-order valence-electron chi connectivity index (χ2n) is 7.14. The normalized spacial score (nSPS) is 16.8. The van der Waals surface area contributed by atoms with Gasteiger partial charge in [0, 0.05) is 36.1 Å². The molecule has 1 aliphatic rings. The van der Waals surface area contributed by atoms with Crippen LogP contribution in [0, 0.1) is 0 Å². The summed E-state index contributed by atoms with van der Waals surface area (Å²) in [5.74, 6) is 0.982. The number of hydrogen-bond donors (Lipinski definition) is 1. The van der Waals surface area contributed by atoms with E-state index < -0.39 is 6.67 Å². The van der Waals surface area contributed by atoms with Crippen molar-refractivity contribution in [3.05, 3.63) is 54.2 Å². The van der Waals surface area contributed by atoms with Crippen LogP contribution >= 0.6 is 0 Å². The Balaban J connectivity index is 2.08. The van der Waals surface area contributed by atoms with E-state index in [0.29, 0.717) is 30.5 Å². The van der Waals surface area contributed by atoms with Gasteiger partial charge in [0.2, 0.25) is 0 Å². The maximum atomic E-state index is 13.7. The number of nitrogens with zero attached hydrogens (tertiary/aromatic N) is 3. The van der Waals surface area contributed by atoms with Gasteiger partial charge in [0.15, 0.2) is 0 Å². The summed E-state index contributed by atoms with van der Waals surface area (Å²) in [5.41, 5.74) is 9.47. The van der Waals surface area contributed by atoms with Crippen molar-refractivity contribution in [2.45, 2.75) is 32.7 Å². The molecule has 1 aromatic heterocycles. The number of aryl methyl sites for hydroxylation is 1. The first kappa shape index (κ1) is 20.1. The molecule has 150 valence electrons. The van der Waals surface area contributed by atoms with E-state index in [1.54, 1.807) is 4.90 Å². The molecular weight excluding hydrogens is 355 g/mol. The summed E-state index contributed by atoms with van der Waals surface area (Å²) in [6.07, 6.45) is 1.88. The van der Waals surface area contributed by atoms with Crippen molar-refractivity contribution in [3.63, 3.8) is 0 Å². The Hall–Kier alpha value is -2.60. The summed E-state index contributed by atoms with van der Waals surface area (Å²) < 4.78 is 19.3. The first-order valence-electron chi connectivity index (χ1n) is 9.78. The SMILES string of the molecule is C=C(CF)N(c1cc(N2CCOCC2C)cc(N)n1)c1ccccc1CCC. The van der Waals surface area contributed by atoms with Crippen molar-refractivity contribution >= 4 is 23.0 Å². The highest BCUT2D eigenvalue weighted by molar-refractivity contribution is 5.73. The molecule has 0 spiro atoms. The molecule has 1 fully saturated rings. The van der Waals surface area contributed by atoms with Crippen LogP contribution in [0.5, 0.6) is 0 Å². The summed E-state index contributed by atoms with van der Waals surface area (Å²) >= 11 is 0. The van der Waals surface area contributed by atoms with Crippen LogP contribution in [0.25, 0.3) is 0 Å². The van der Waals surface area contributed by atoms with Gasteiger partial charge < -0.3 is 15.4 Å². The summed E-state index contributed by atoms with van der Waals surface area (Å²) in [5, 5.41) is 0. The van der Waals surface area contributed by atoms with Crippen LogP contribution in [0.4, 0.5) is 27.4 Å². The van der Waals surface area contributed by atoms with Gasteiger partial charge in [-0.2, -0.15) is 0 Å². The molecule has 1 saturated heterocycles. The van der Waals surface area contributed by atoms with E-state index in [0.717, 1.165) is 36.3 Å². The number of halogens is 1. The molecule has 1 atom stereocenters. The molecule has 2 N–H and O–H groups in total. The number of aromatic nitrogens is 1. The molecular formula is C22H29FN4O. The summed E-state index contributed by atoms with van der Waals surface area (Å²) in [6.45, 7) is 9.64. The van der Waals surface area contributed by atoms with E-state index in [-0.39, 0.29) is 6.04 Å². The third-order valence-electron chi connectivity index (χ3n) is 4.97. The van der Waals surface area contributed by atoms with E-state index in [2.05, 4.69) is 36.4 Å². The van der Waals surface area contributed by atoms with Gasteiger partial charge in [-0.1, -0.05) is 38.1 Å². The quantitative estimate of drug-likeness (QED) is 0.764. The van der Waals surface area contributed by atoms with Gasteiger partial charge in [-0.3, -0.25) is 4.90 Å². The van der Waals surface area contributed by atoms with Crippen LogP contribution in [-0.4, -0.2) is 37.5 Å². The average Bonchev–Trinajstić information content (AvgIpc) is 2.69. The Bertz CT molecular complexity index is 826. The highest BCUT2D eigenvalue weighted by Crippen LogP contribution is 2.35. The predicted octanol–water partition coefficient (Wildman–Crippen LogP) is 4.46. The monoisotopic (exact) mass is 384 g/mol. The minimum atomic E-state index is -0.666. The van der Waals surface area contributed by atoms with Crippen LogP contribution in [0.3, 0.4) is 0 Å². The number of nitrogens with two attached hydrogens (primary N) is 1. The first-order valence-corrected chi connectivity index (χ1v) is 9.78. The lowest BCUT2D eigenvalue weighted by Crippen LogP contribution is -2.43. The van der Waals surface area contributed by atoms with Gasteiger partial charge in [0.25, 0.3) is 0 Å². The Kier molecular flexibility index (Phi) is 6.52. The van der Waals surface area contributed by atoms with Gasteiger partial charge in [-0.25, -0.2) is 9.37 Å². The van der Waals surface area contributed by atoms with Gasteiger partial charge >= 0.3 is 0 Å². The van der Waals surface area contributed by atoms with E-state index >= 15 is 0 Å². The summed E-state index contributed by atoms with van der Waals surface area (Å²) in [4.78, 5) is 8.56. The van der Waals surface area contributed by atoms with Crippen molar-refractivity contribution in [2.75, 3.05) is 42.0 Å². The lowest BCUT2D eigenvalue weighted by molar-refractivity contribution is 0.0989. The van der Waals surface area contributed by atoms with Crippen molar-refractivity contribution in [1.29, 1.82) is 0 Å². The number of ether oxygens (including phenoxy) is 1. The van der Waals surface area contributed by atoms with Crippen LogP contribution < -0.4 is 15.5 Å². The Morgan fingerprint density at radius 2 is 2.18 bits per heavy atom. The number of allylic oxidation sites excluding steroid dienone is 1. The molecule has 28 heavy (non-hydrogen) atoms. The third-order valence-corrected chi connectivity index (χ3v) is 4.97. The highest BCUT2D eigenvalue weighted by Gasteiger charge is 2.23. The third kappa shape index (κ3) is 4.28. The van der Waals surface area contributed by atoms with E-state index in [1.807, 2.05) is 30.3 Å². The van der Waals surface area contributed by atoms with Crippen molar-refractivity contribution in [2.24, 2.45) is 0 Å². The van der Waals surface area contributed by atoms with Crippen LogP contribution in [0.1, 0.15) is 25.8 Å². The molecule has 1 aromatic carbocycles. The number of rotatable bonds is 7. The smallest absolute Gasteiger partial charge is 0.141 e. The predicted molar refractivity (Wildman–Crippen MR) is 114 cm³/mol. The molecule has 2 heterocycles. The van der Waals surface area contributed by atoms with Crippen LogP contribution in [0.15, 0.2) is 48.7 Å². The van der Waals surface area contributed by atoms with Crippen LogP contribution in [0.2, 0.25) is 0 Å². The zero-order chi connectivity index (χ0) is 20.1. The van der Waals surface area contributed by atoms with Gasteiger partial charge in [0.05, 0.1) is 18.9 Å². The lowest BCUT2D eigenvalue weighted by atomic mass is 10.1. The number of morpholine rings is 1. The molecule has 0 radical (unpaired) electrons. The molecule has 1 aliphatic heterocycles. The minimum absolute atomic E-state index is 0.230. The van der Waals surface area contributed by atoms with E-state index in [4.69, 9.17) is 10.5 Å². The average molecular weight is 384 g/mol. The first-order chi connectivity index (χ1) is 13.5. The van der Waals surface area contributed by atoms with Crippen molar-refractivity contribution < 1.29 is 9.13 Å². The number of nitrogen functional groups attached to an aromatic ring is 1. The number of benzene rings is 1. The zero-order valence-electron chi connectivity index (χ0n) is 16.7. The maximum absolute atomic E-state index is 13.7. The Morgan fingerprint density at radius 1 is 1.39 bits per heavy atom. The van der Waals surface area contributed by atoms with E-state index in [9.17, 15) is 4.39 Å². The lowest BCUT2D eigenvalue weighted by Gasteiger charge is -2.36. The number of alkyl halides is 1. The van der Waals surface area contributed by atoms with E-state index in [1.165, 1.54) is 0 Å². The van der Waals surface area contributed by atoms with Gasteiger partial charge in [-0.15, -0.1) is 0 Å². The largest absolute Gasteiger partial charge is 0.384 e. The summed E-state index contributed by atoms with van der Waals surface area (Å²) in [7, 11) is 0. The van der Waals surface area contributed by atoms with Gasteiger partial charge in [-0.05, 0) is 25.0 Å². The number of anilines is 4. The fraction of sp³-hybridized carbons (Fsp3) is 0.409. The molecule has 3 rings (SSSR count). The van der Waals surface area contributed by atoms with Crippen LogP contribution in [-0.2, 0) is 11.2 Å². The highest BCUT2D eigenvalue weighted by atomic mass is 19.1. The Labute approximate surface area is 166 Å². The second-order valence-corrected chi connectivity index (χ2v) is 7.14. The molecule has 5 nitrogen and oxygen atoms in total. The molecule has 0 bridgehead atoms. The zero-order valence-corrected chi connectivity index (χ0v) is 16.7. The number of hydrogen-bond acceptors (Lipinski definition) is 5. The molecule has 6 heteroatoms. The van der Waals surface area contributed by atoms with Crippen molar-refractivity contribution in [1.82, 2.24) is 4.98 Å². The minimum Gasteiger partial charge on any atom is -0.384 e. The molecule has 2 aromatic rings. The topological polar surface area (TPSA) is 54.6 Å². The molecule has 0 saturated carbocycles. The number of para-hydroxylation sites is 1. The standard InChI is InChI=1S/C22H29FN4O/c1-4-7-18-8-5-6-9-20(18)27(16(2)14-23)22-13-19(12-21(24)25-22)26-10-11-28-15-17(26)3/h5-6,8-9,12-13,17H,2,4,7,10-11,14-15H2,1,3H3,(H2,24,25). The fourth-order valence-corrected chi connectivity index (χ4v) is 3.64. The van der Waals surface area contributed by atoms with Crippen molar-refractivity contribution in [3.8, 4) is 0 Å². The molecule has 0 aliphatic carbocycles. The molecule has 0 amide bonds. The maximum Gasteiger partial charge on any atom is 0.141 e. The Morgan fingerprint density at radius 3 is 2.89 bits per heavy atom. The molecule has 1 unspecified atom stereocenters. The van der Waals surface area contributed by atoms with Gasteiger partial charge in [0.1, 0.15) is 18.3 Å². The fourth-order valence-electron chi connectivity index (χ4n) is 3.64. The number of pyridine rings is 1.